The highest BCUT2D eigenvalue weighted by atomic mass is 79.9. The van der Waals surface area contributed by atoms with Crippen LogP contribution in [0.1, 0.15) is 26.2 Å². The molecule has 1 aromatic carbocycles. The molecule has 1 saturated heterocycles. The zero-order valence-electron chi connectivity index (χ0n) is 11.2. The van der Waals surface area contributed by atoms with Crippen molar-refractivity contribution in [2.24, 2.45) is 5.92 Å². The van der Waals surface area contributed by atoms with Gasteiger partial charge in [0, 0.05) is 29.6 Å². The normalized spacial score (nSPS) is 27.6. The minimum atomic E-state index is -0.121. The molecule has 1 saturated carbocycles. The predicted octanol–water partition coefficient (Wildman–Crippen LogP) is 3.56. The highest BCUT2D eigenvalue weighted by Crippen LogP contribution is 2.38. The molecule has 2 atom stereocenters. The van der Waals surface area contributed by atoms with Gasteiger partial charge in [-0.3, -0.25) is 0 Å². The van der Waals surface area contributed by atoms with Gasteiger partial charge < -0.3 is 10.2 Å². The molecule has 1 aromatic rings. The van der Waals surface area contributed by atoms with Gasteiger partial charge in [-0.25, -0.2) is 4.39 Å². The summed E-state index contributed by atoms with van der Waals surface area (Å²) in [4.78, 5) is 2.26. The number of anilines is 1. The van der Waals surface area contributed by atoms with Crippen molar-refractivity contribution in [1.29, 1.82) is 0 Å². The molecule has 0 bridgehead atoms. The highest BCUT2D eigenvalue weighted by Gasteiger charge is 2.37. The lowest BCUT2D eigenvalue weighted by Gasteiger charge is -2.42. The van der Waals surface area contributed by atoms with Gasteiger partial charge in [-0.05, 0) is 53.2 Å². The third-order valence-corrected chi connectivity index (χ3v) is 4.98. The Bertz CT molecular complexity index is 441. The van der Waals surface area contributed by atoms with E-state index in [4.69, 9.17) is 0 Å². The summed E-state index contributed by atoms with van der Waals surface area (Å²) < 4.78 is 15.1. The predicted molar refractivity (Wildman–Crippen MR) is 80.0 cm³/mol. The second kappa shape index (κ2) is 5.41. The van der Waals surface area contributed by atoms with E-state index in [1.165, 1.54) is 12.8 Å². The molecule has 104 valence electrons. The molecule has 0 amide bonds. The van der Waals surface area contributed by atoms with Gasteiger partial charge in [0.1, 0.15) is 5.82 Å². The van der Waals surface area contributed by atoms with Gasteiger partial charge >= 0.3 is 0 Å². The molecule has 3 rings (SSSR count). The Labute approximate surface area is 122 Å². The molecule has 1 aliphatic carbocycles. The topological polar surface area (TPSA) is 15.3 Å². The average Bonchev–Trinajstić information content (AvgIpc) is 3.23. The van der Waals surface area contributed by atoms with E-state index in [9.17, 15) is 4.39 Å². The summed E-state index contributed by atoms with van der Waals surface area (Å²) in [6, 6.07) is 6.14. The number of halogens is 2. The van der Waals surface area contributed by atoms with E-state index in [2.05, 4.69) is 33.1 Å². The van der Waals surface area contributed by atoms with Crippen LogP contribution in [0, 0.1) is 11.7 Å². The van der Waals surface area contributed by atoms with E-state index >= 15 is 0 Å². The van der Waals surface area contributed by atoms with Crippen LogP contribution in [0.5, 0.6) is 0 Å². The summed E-state index contributed by atoms with van der Waals surface area (Å²) in [5.74, 6) is 0.676. The average molecular weight is 327 g/mol. The van der Waals surface area contributed by atoms with Crippen LogP contribution in [-0.4, -0.2) is 25.2 Å². The second-order valence-corrected chi connectivity index (χ2v) is 6.49. The Hall–Kier alpha value is -0.610. The van der Waals surface area contributed by atoms with Gasteiger partial charge in [-0.2, -0.15) is 0 Å². The first-order valence-electron chi connectivity index (χ1n) is 7.14. The fraction of sp³-hybridized carbons (Fsp3) is 0.600. The van der Waals surface area contributed by atoms with Gasteiger partial charge in [-0.15, -0.1) is 0 Å². The zero-order valence-corrected chi connectivity index (χ0v) is 12.8. The van der Waals surface area contributed by atoms with E-state index in [1.54, 1.807) is 12.1 Å². The third-order valence-electron chi connectivity index (χ3n) is 4.34. The lowest BCUT2D eigenvalue weighted by atomic mass is 10.0. The largest absolute Gasteiger partial charge is 0.362 e. The molecule has 2 nitrogen and oxygen atoms in total. The summed E-state index contributed by atoms with van der Waals surface area (Å²) in [6.07, 6.45) is 3.67. The van der Waals surface area contributed by atoms with Gasteiger partial charge in [0.2, 0.25) is 0 Å². The van der Waals surface area contributed by atoms with Crippen LogP contribution in [0.15, 0.2) is 22.7 Å². The fourth-order valence-electron chi connectivity index (χ4n) is 3.04. The first-order valence-corrected chi connectivity index (χ1v) is 7.94. The Morgan fingerprint density at radius 3 is 2.84 bits per heavy atom. The second-order valence-electron chi connectivity index (χ2n) is 5.64. The van der Waals surface area contributed by atoms with Crippen molar-refractivity contribution in [3.05, 3.63) is 28.5 Å². The minimum Gasteiger partial charge on any atom is -0.362 e. The maximum absolute atomic E-state index is 14.2. The van der Waals surface area contributed by atoms with E-state index in [-0.39, 0.29) is 5.82 Å². The lowest BCUT2D eigenvalue weighted by Crippen LogP contribution is -2.57. The third kappa shape index (κ3) is 2.65. The molecule has 2 unspecified atom stereocenters. The molecule has 1 heterocycles. The zero-order chi connectivity index (χ0) is 13.4. The molecule has 1 aliphatic heterocycles. The van der Waals surface area contributed by atoms with E-state index < -0.39 is 0 Å². The standard InChI is InChI=1S/C15H20BrFN2/c1-2-11-8-18-14(10-6-7-10)9-19(11)15-12(16)4-3-5-13(15)17/h3-5,10-11,14,18H,2,6-9H2,1H3. The summed E-state index contributed by atoms with van der Waals surface area (Å²) in [6.45, 7) is 4.05. The Balaban J connectivity index is 1.89. The quantitative estimate of drug-likeness (QED) is 0.913. The Kier molecular flexibility index (Phi) is 3.81. The molecule has 2 aliphatic rings. The van der Waals surface area contributed by atoms with Crippen molar-refractivity contribution in [1.82, 2.24) is 5.32 Å². The maximum Gasteiger partial charge on any atom is 0.147 e. The molecular formula is C15H20BrFN2. The molecular weight excluding hydrogens is 307 g/mol. The first-order chi connectivity index (χ1) is 9.20. The van der Waals surface area contributed by atoms with Crippen molar-refractivity contribution in [2.45, 2.75) is 38.3 Å². The maximum atomic E-state index is 14.2. The number of nitrogens with one attached hydrogen (secondary N) is 1. The van der Waals surface area contributed by atoms with Crippen molar-refractivity contribution in [3.8, 4) is 0 Å². The van der Waals surface area contributed by atoms with E-state index in [0.717, 1.165) is 35.6 Å². The number of benzene rings is 1. The molecule has 2 fully saturated rings. The van der Waals surface area contributed by atoms with Crippen molar-refractivity contribution in [2.75, 3.05) is 18.0 Å². The Morgan fingerprint density at radius 2 is 2.21 bits per heavy atom. The van der Waals surface area contributed by atoms with Crippen LogP contribution < -0.4 is 10.2 Å². The number of para-hydroxylation sites is 1. The number of piperazine rings is 1. The van der Waals surface area contributed by atoms with Crippen LogP contribution in [0.2, 0.25) is 0 Å². The molecule has 4 heteroatoms. The highest BCUT2D eigenvalue weighted by molar-refractivity contribution is 9.10. The van der Waals surface area contributed by atoms with Crippen LogP contribution in [-0.2, 0) is 0 Å². The smallest absolute Gasteiger partial charge is 0.147 e. The number of hydrogen-bond donors (Lipinski definition) is 1. The molecule has 0 spiro atoms. The Morgan fingerprint density at radius 1 is 1.42 bits per heavy atom. The fourth-order valence-corrected chi connectivity index (χ4v) is 3.61. The van der Waals surface area contributed by atoms with Crippen LogP contribution in [0.4, 0.5) is 10.1 Å². The summed E-state index contributed by atoms with van der Waals surface area (Å²) in [5, 5.41) is 3.64. The molecule has 0 radical (unpaired) electrons. The number of nitrogens with zero attached hydrogens (tertiary/aromatic N) is 1. The molecule has 0 aromatic heterocycles. The minimum absolute atomic E-state index is 0.121. The van der Waals surface area contributed by atoms with E-state index in [1.807, 2.05) is 6.07 Å². The van der Waals surface area contributed by atoms with Gasteiger partial charge in [0.25, 0.3) is 0 Å². The van der Waals surface area contributed by atoms with Crippen molar-refractivity contribution >= 4 is 21.6 Å². The SMILES string of the molecule is CCC1CNC(C2CC2)CN1c1c(F)cccc1Br. The van der Waals surface area contributed by atoms with Crippen LogP contribution in [0.3, 0.4) is 0 Å². The van der Waals surface area contributed by atoms with Crippen molar-refractivity contribution < 1.29 is 4.39 Å². The van der Waals surface area contributed by atoms with Crippen molar-refractivity contribution in [3.63, 3.8) is 0 Å². The van der Waals surface area contributed by atoms with Crippen LogP contribution in [0.25, 0.3) is 0 Å². The lowest BCUT2D eigenvalue weighted by molar-refractivity contribution is 0.356. The van der Waals surface area contributed by atoms with Gasteiger partial charge in [0.15, 0.2) is 0 Å². The summed E-state index contributed by atoms with van der Waals surface area (Å²) >= 11 is 3.51. The number of rotatable bonds is 3. The van der Waals surface area contributed by atoms with E-state index in [0.29, 0.717) is 12.1 Å². The first kappa shape index (κ1) is 13.4. The molecule has 19 heavy (non-hydrogen) atoms. The summed E-state index contributed by atoms with van der Waals surface area (Å²) in [7, 11) is 0. The number of hydrogen-bond acceptors (Lipinski definition) is 2. The monoisotopic (exact) mass is 326 g/mol. The summed E-state index contributed by atoms with van der Waals surface area (Å²) in [5.41, 5.74) is 0.738. The van der Waals surface area contributed by atoms with Gasteiger partial charge in [-0.1, -0.05) is 13.0 Å². The van der Waals surface area contributed by atoms with Gasteiger partial charge in [0.05, 0.1) is 5.69 Å². The van der Waals surface area contributed by atoms with Crippen LogP contribution >= 0.6 is 15.9 Å². The molecule has 1 N–H and O–H groups in total.